The summed E-state index contributed by atoms with van der Waals surface area (Å²) in [7, 11) is 0. The number of aromatic nitrogens is 1. The van der Waals surface area contributed by atoms with E-state index in [2.05, 4.69) is 10.3 Å². The van der Waals surface area contributed by atoms with Crippen LogP contribution in [0.25, 0.3) is 11.3 Å². The number of halogens is 2. The predicted molar refractivity (Wildman–Crippen MR) is 135 cm³/mol. The van der Waals surface area contributed by atoms with Crippen LogP contribution in [0.15, 0.2) is 77.3 Å². The molecule has 8 heteroatoms. The van der Waals surface area contributed by atoms with Crippen molar-refractivity contribution in [1.82, 2.24) is 10.3 Å². The topological polar surface area (TPSA) is 61.5 Å². The number of furan rings is 1. The average Bonchev–Trinajstić information content (AvgIpc) is 3.42. The third-order valence-electron chi connectivity index (χ3n) is 5.67. The molecular formula is C25H19Cl2N3O2S. The van der Waals surface area contributed by atoms with E-state index in [1.54, 1.807) is 24.4 Å². The van der Waals surface area contributed by atoms with Crippen LogP contribution in [0, 0.1) is 6.92 Å². The first-order valence-corrected chi connectivity index (χ1v) is 11.4. The average molecular weight is 496 g/mol. The van der Waals surface area contributed by atoms with Gasteiger partial charge in [0.15, 0.2) is 5.11 Å². The third-order valence-corrected chi connectivity index (χ3v) is 6.63. The van der Waals surface area contributed by atoms with Gasteiger partial charge in [-0.3, -0.25) is 4.98 Å². The number of pyridine rings is 1. The SMILES string of the molecule is Cc1ccc(-c2ccc([C@H]3[C@H](c4ccccn4)NC(=S)N3c3cc(Cl)ccc3O)o2)cc1Cl. The Morgan fingerprint density at radius 2 is 1.91 bits per heavy atom. The molecule has 5 nitrogen and oxygen atoms in total. The van der Waals surface area contributed by atoms with Gasteiger partial charge in [0.25, 0.3) is 0 Å². The number of aromatic hydroxyl groups is 1. The molecule has 0 bridgehead atoms. The first-order valence-electron chi connectivity index (χ1n) is 10.3. The number of aryl methyl sites for hydroxylation is 1. The van der Waals surface area contributed by atoms with Gasteiger partial charge < -0.3 is 19.7 Å². The van der Waals surface area contributed by atoms with Crippen LogP contribution in [0.5, 0.6) is 5.75 Å². The second kappa shape index (κ2) is 8.71. The molecule has 2 aromatic heterocycles. The minimum absolute atomic E-state index is 0.0623. The smallest absolute Gasteiger partial charge is 0.174 e. The van der Waals surface area contributed by atoms with E-state index in [1.165, 1.54) is 0 Å². The van der Waals surface area contributed by atoms with Gasteiger partial charge in [0.05, 0.1) is 17.4 Å². The molecule has 0 spiro atoms. The Balaban J connectivity index is 1.62. The van der Waals surface area contributed by atoms with E-state index in [4.69, 9.17) is 39.8 Å². The minimum atomic E-state index is -0.411. The number of phenols is 1. The number of anilines is 1. The molecular weight excluding hydrogens is 477 g/mol. The summed E-state index contributed by atoms with van der Waals surface area (Å²) in [6, 6.07) is 19.5. The number of rotatable bonds is 4. The number of nitrogens with zero attached hydrogens (tertiary/aromatic N) is 2. The predicted octanol–water partition coefficient (Wildman–Crippen LogP) is 6.84. The van der Waals surface area contributed by atoms with Gasteiger partial charge in [-0.2, -0.15) is 0 Å². The maximum Gasteiger partial charge on any atom is 0.174 e. The van der Waals surface area contributed by atoms with E-state index in [0.29, 0.717) is 32.4 Å². The Labute approximate surface area is 206 Å². The molecule has 0 saturated carbocycles. The zero-order valence-corrected chi connectivity index (χ0v) is 19.8. The van der Waals surface area contributed by atoms with E-state index >= 15 is 0 Å². The van der Waals surface area contributed by atoms with Crippen molar-refractivity contribution in [3.05, 3.63) is 100.0 Å². The van der Waals surface area contributed by atoms with Crippen LogP contribution >= 0.6 is 35.4 Å². The van der Waals surface area contributed by atoms with Gasteiger partial charge in [-0.15, -0.1) is 0 Å². The van der Waals surface area contributed by atoms with Gasteiger partial charge in [-0.25, -0.2) is 0 Å². The molecule has 1 aliphatic rings. The summed E-state index contributed by atoms with van der Waals surface area (Å²) in [5.74, 6) is 1.40. The van der Waals surface area contributed by atoms with Gasteiger partial charge >= 0.3 is 0 Å². The fraction of sp³-hybridized carbons (Fsp3) is 0.120. The number of thiocarbonyl (C=S) groups is 1. The van der Waals surface area contributed by atoms with Crippen LogP contribution in [-0.2, 0) is 0 Å². The van der Waals surface area contributed by atoms with Crippen molar-refractivity contribution >= 4 is 46.2 Å². The van der Waals surface area contributed by atoms with E-state index in [0.717, 1.165) is 16.8 Å². The third kappa shape index (κ3) is 4.06. The van der Waals surface area contributed by atoms with Crippen LogP contribution in [0.2, 0.25) is 10.0 Å². The Morgan fingerprint density at radius 3 is 2.67 bits per heavy atom. The zero-order chi connectivity index (χ0) is 23.1. The molecule has 0 aliphatic carbocycles. The highest BCUT2D eigenvalue weighted by atomic mass is 35.5. The molecule has 2 atom stereocenters. The first-order chi connectivity index (χ1) is 15.9. The molecule has 2 N–H and O–H groups in total. The van der Waals surface area contributed by atoms with Crippen LogP contribution in [-0.4, -0.2) is 15.2 Å². The Kier molecular flexibility index (Phi) is 5.74. The standard InChI is InChI=1S/C25H19Cl2N3O2S/c1-14-5-6-15(12-17(14)27)21-9-10-22(32-21)24-23(18-4-2-3-11-28-18)29-25(33)30(24)19-13-16(26)7-8-20(19)31/h2-13,23-24,31H,1H3,(H,29,33)/t23-,24-/m0/s1. The molecule has 0 radical (unpaired) electrons. The van der Waals surface area contributed by atoms with Crippen molar-refractivity contribution in [2.24, 2.45) is 0 Å². The van der Waals surface area contributed by atoms with Crippen molar-refractivity contribution in [3.8, 4) is 17.1 Å². The lowest BCUT2D eigenvalue weighted by Gasteiger charge is -2.26. The van der Waals surface area contributed by atoms with Crippen LogP contribution in [0.1, 0.15) is 29.1 Å². The normalized spacial score (nSPS) is 17.9. The maximum absolute atomic E-state index is 10.6. The summed E-state index contributed by atoms with van der Waals surface area (Å²) in [4.78, 5) is 6.35. The highest BCUT2D eigenvalue weighted by Crippen LogP contribution is 2.46. The summed E-state index contributed by atoms with van der Waals surface area (Å²) < 4.78 is 6.33. The van der Waals surface area contributed by atoms with Crippen molar-refractivity contribution in [3.63, 3.8) is 0 Å². The lowest BCUT2D eigenvalue weighted by atomic mass is 10.0. The maximum atomic E-state index is 10.6. The van der Waals surface area contributed by atoms with Crippen molar-refractivity contribution in [2.45, 2.75) is 19.0 Å². The van der Waals surface area contributed by atoms with Crippen LogP contribution in [0.3, 0.4) is 0 Å². The van der Waals surface area contributed by atoms with Gasteiger partial charge in [-0.1, -0.05) is 41.4 Å². The molecule has 5 rings (SSSR count). The molecule has 1 aliphatic heterocycles. The van der Waals surface area contributed by atoms with E-state index in [1.807, 2.05) is 60.4 Å². The largest absolute Gasteiger partial charge is 0.506 e. The molecule has 0 amide bonds. The van der Waals surface area contributed by atoms with Gasteiger partial charge in [0, 0.05) is 21.8 Å². The van der Waals surface area contributed by atoms with E-state index in [-0.39, 0.29) is 11.8 Å². The second-order valence-electron chi connectivity index (χ2n) is 7.80. The summed E-state index contributed by atoms with van der Waals surface area (Å²) in [5, 5.41) is 15.6. The Morgan fingerprint density at radius 1 is 1.06 bits per heavy atom. The van der Waals surface area contributed by atoms with Gasteiger partial charge in [0.1, 0.15) is 23.3 Å². The first kappa shape index (κ1) is 21.8. The summed E-state index contributed by atoms with van der Waals surface area (Å²) in [5.41, 5.74) is 3.15. The lowest BCUT2D eigenvalue weighted by Crippen LogP contribution is -2.29. The summed E-state index contributed by atoms with van der Waals surface area (Å²) >= 11 is 18.3. The molecule has 1 saturated heterocycles. The van der Waals surface area contributed by atoms with Crippen LogP contribution < -0.4 is 10.2 Å². The number of hydrogen-bond acceptors (Lipinski definition) is 4. The van der Waals surface area contributed by atoms with E-state index < -0.39 is 6.04 Å². The second-order valence-corrected chi connectivity index (χ2v) is 9.03. The minimum Gasteiger partial charge on any atom is -0.506 e. The van der Waals surface area contributed by atoms with Crippen LogP contribution in [0.4, 0.5) is 5.69 Å². The molecule has 1 fully saturated rings. The molecule has 4 aromatic rings. The Bertz CT molecular complexity index is 1340. The van der Waals surface area contributed by atoms with E-state index in [9.17, 15) is 5.11 Å². The highest BCUT2D eigenvalue weighted by molar-refractivity contribution is 7.80. The number of nitrogens with one attached hydrogen (secondary N) is 1. The molecule has 166 valence electrons. The fourth-order valence-corrected chi connectivity index (χ4v) is 4.69. The highest BCUT2D eigenvalue weighted by Gasteiger charge is 2.43. The monoisotopic (exact) mass is 495 g/mol. The number of hydrogen-bond donors (Lipinski definition) is 2. The molecule has 33 heavy (non-hydrogen) atoms. The van der Waals surface area contributed by atoms with Gasteiger partial charge in [-0.05, 0) is 73.2 Å². The quantitative estimate of drug-likeness (QED) is 0.302. The zero-order valence-electron chi connectivity index (χ0n) is 17.5. The van der Waals surface area contributed by atoms with Gasteiger partial charge in [0.2, 0.25) is 0 Å². The molecule has 2 aromatic carbocycles. The summed E-state index contributed by atoms with van der Waals surface area (Å²) in [6.07, 6.45) is 1.73. The number of benzene rings is 2. The molecule has 0 unspecified atom stereocenters. The molecule has 3 heterocycles. The fourth-order valence-electron chi connectivity index (χ4n) is 4.01. The summed E-state index contributed by atoms with van der Waals surface area (Å²) in [6.45, 7) is 1.96. The Hall–Kier alpha value is -3.06. The van der Waals surface area contributed by atoms with Crippen molar-refractivity contribution in [1.29, 1.82) is 0 Å². The lowest BCUT2D eigenvalue weighted by molar-refractivity contribution is 0.434. The van der Waals surface area contributed by atoms with Crippen molar-refractivity contribution in [2.75, 3.05) is 4.90 Å². The number of phenolic OH excluding ortho intramolecular Hbond substituents is 1. The van der Waals surface area contributed by atoms with Crippen molar-refractivity contribution < 1.29 is 9.52 Å².